The van der Waals surface area contributed by atoms with Crippen LogP contribution in [0.3, 0.4) is 0 Å². The van der Waals surface area contributed by atoms with Gasteiger partial charge in [0.05, 0.1) is 12.2 Å². The predicted octanol–water partition coefficient (Wildman–Crippen LogP) is 2.12. The maximum atomic E-state index is 12.2. The van der Waals surface area contributed by atoms with E-state index in [-0.39, 0.29) is 12.2 Å². The van der Waals surface area contributed by atoms with Gasteiger partial charge in [0.15, 0.2) is 0 Å². The summed E-state index contributed by atoms with van der Waals surface area (Å²) in [6, 6.07) is 0.625. The third-order valence-corrected chi connectivity index (χ3v) is 4.03. The van der Waals surface area contributed by atoms with Gasteiger partial charge in [0.25, 0.3) is 0 Å². The molecule has 1 saturated carbocycles. The molecule has 3 heteroatoms. The molecule has 4 unspecified atom stereocenters. The standard InChI is InChI=1S/C13H24N2O/c1-4-6-7-11-13(16)15(9(3)14-11)12-8-10(12)5-2/h9-12,14H,4-8H2,1-3H3. The highest BCUT2D eigenvalue weighted by molar-refractivity contribution is 5.84. The molecule has 0 aromatic rings. The molecular weight excluding hydrogens is 200 g/mol. The Kier molecular flexibility index (Phi) is 3.53. The van der Waals surface area contributed by atoms with Crippen LogP contribution in [0.1, 0.15) is 52.9 Å². The van der Waals surface area contributed by atoms with E-state index in [0.29, 0.717) is 11.9 Å². The summed E-state index contributed by atoms with van der Waals surface area (Å²) in [5.41, 5.74) is 0. The van der Waals surface area contributed by atoms with Crippen LogP contribution in [0.5, 0.6) is 0 Å². The summed E-state index contributed by atoms with van der Waals surface area (Å²) in [5.74, 6) is 1.11. The zero-order valence-corrected chi connectivity index (χ0v) is 10.7. The molecule has 1 aliphatic carbocycles. The van der Waals surface area contributed by atoms with Crippen LogP contribution in [0.25, 0.3) is 0 Å². The van der Waals surface area contributed by atoms with Gasteiger partial charge < -0.3 is 4.90 Å². The average Bonchev–Trinajstić information content (AvgIpc) is 2.98. The molecule has 0 aromatic heterocycles. The molecule has 92 valence electrons. The van der Waals surface area contributed by atoms with Crippen molar-refractivity contribution in [3.63, 3.8) is 0 Å². The number of unbranched alkanes of at least 4 members (excludes halogenated alkanes) is 1. The molecule has 0 spiro atoms. The van der Waals surface area contributed by atoms with E-state index in [0.717, 1.165) is 18.8 Å². The van der Waals surface area contributed by atoms with Crippen LogP contribution in [0.4, 0.5) is 0 Å². The molecular formula is C13H24N2O. The lowest BCUT2D eigenvalue weighted by atomic mass is 10.1. The molecule has 3 nitrogen and oxygen atoms in total. The number of amides is 1. The third-order valence-electron chi connectivity index (χ3n) is 4.03. The van der Waals surface area contributed by atoms with Gasteiger partial charge in [0.1, 0.15) is 0 Å². The molecule has 0 aromatic carbocycles. The van der Waals surface area contributed by atoms with Crippen LogP contribution < -0.4 is 5.32 Å². The first-order valence-corrected chi connectivity index (χ1v) is 6.77. The maximum absolute atomic E-state index is 12.2. The second-order valence-corrected chi connectivity index (χ2v) is 5.25. The number of carbonyl (C=O) groups is 1. The van der Waals surface area contributed by atoms with E-state index < -0.39 is 0 Å². The van der Waals surface area contributed by atoms with Gasteiger partial charge in [-0.25, -0.2) is 0 Å². The van der Waals surface area contributed by atoms with Crippen LogP contribution in [0.15, 0.2) is 0 Å². The fraction of sp³-hybridized carbons (Fsp3) is 0.923. The Morgan fingerprint density at radius 1 is 1.44 bits per heavy atom. The molecule has 1 aliphatic heterocycles. The van der Waals surface area contributed by atoms with Gasteiger partial charge in [-0.15, -0.1) is 0 Å². The van der Waals surface area contributed by atoms with E-state index >= 15 is 0 Å². The summed E-state index contributed by atoms with van der Waals surface area (Å²) >= 11 is 0. The van der Waals surface area contributed by atoms with Crippen molar-refractivity contribution in [2.75, 3.05) is 0 Å². The molecule has 1 saturated heterocycles. The molecule has 1 heterocycles. The topological polar surface area (TPSA) is 32.3 Å². The molecule has 16 heavy (non-hydrogen) atoms. The minimum atomic E-state index is 0.0908. The summed E-state index contributed by atoms with van der Waals surface area (Å²) in [7, 11) is 0. The molecule has 2 rings (SSSR count). The van der Waals surface area contributed by atoms with Crippen molar-refractivity contribution in [3.8, 4) is 0 Å². The first-order valence-electron chi connectivity index (χ1n) is 6.77. The van der Waals surface area contributed by atoms with Gasteiger partial charge in [-0.2, -0.15) is 0 Å². The number of hydrogen-bond donors (Lipinski definition) is 1. The number of hydrogen-bond acceptors (Lipinski definition) is 2. The summed E-state index contributed by atoms with van der Waals surface area (Å²) in [6.07, 6.45) is 5.98. The van der Waals surface area contributed by atoms with Crippen molar-refractivity contribution in [1.29, 1.82) is 0 Å². The quantitative estimate of drug-likeness (QED) is 0.776. The second kappa shape index (κ2) is 4.74. The molecule has 2 fully saturated rings. The maximum Gasteiger partial charge on any atom is 0.241 e. The monoisotopic (exact) mass is 224 g/mol. The number of nitrogens with one attached hydrogen (secondary N) is 1. The molecule has 2 aliphatic rings. The minimum Gasteiger partial charge on any atom is -0.323 e. The first-order chi connectivity index (χ1) is 7.69. The van der Waals surface area contributed by atoms with Gasteiger partial charge >= 0.3 is 0 Å². The largest absolute Gasteiger partial charge is 0.323 e. The van der Waals surface area contributed by atoms with Crippen LogP contribution in [0, 0.1) is 5.92 Å². The van der Waals surface area contributed by atoms with E-state index in [9.17, 15) is 4.79 Å². The van der Waals surface area contributed by atoms with Crippen molar-refractivity contribution in [1.82, 2.24) is 10.2 Å². The lowest BCUT2D eigenvalue weighted by molar-refractivity contribution is -0.130. The summed E-state index contributed by atoms with van der Waals surface area (Å²) in [5, 5.41) is 3.43. The van der Waals surface area contributed by atoms with E-state index in [1.165, 1.54) is 19.3 Å². The van der Waals surface area contributed by atoms with E-state index in [2.05, 4.69) is 31.0 Å². The lowest BCUT2D eigenvalue weighted by Crippen LogP contribution is -2.37. The Labute approximate surface area is 98.6 Å². The van der Waals surface area contributed by atoms with Gasteiger partial charge in [0, 0.05) is 6.04 Å². The number of carbonyl (C=O) groups excluding carboxylic acids is 1. The highest BCUT2D eigenvalue weighted by Gasteiger charge is 2.49. The van der Waals surface area contributed by atoms with Crippen LogP contribution in [0.2, 0.25) is 0 Å². The average molecular weight is 224 g/mol. The van der Waals surface area contributed by atoms with Crippen LogP contribution in [-0.4, -0.2) is 29.1 Å². The number of rotatable bonds is 5. The van der Waals surface area contributed by atoms with Gasteiger partial charge in [0.2, 0.25) is 5.91 Å². The number of nitrogens with zero attached hydrogens (tertiary/aromatic N) is 1. The fourth-order valence-electron chi connectivity index (χ4n) is 2.89. The Hall–Kier alpha value is -0.570. The van der Waals surface area contributed by atoms with E-state index in [1.54, 1.807) is 0 Å². The highest BCUT2D eigenvalue weighted by Crippen LogP contribution is 2.40. The minimum absolute atomic E-state index is 0.0908. The molecule has 1 N–H and O–H groups in total. The van der Waals surface area contributed by atoms with E-state index in [4.69, 9.17) is 0 Å². The summed E-state index contributed by atoms with van der Waals surface area (Å²) in [6.45, 7) is 6.52. The van der Waals surface area contributed by atoms with Crippen molar-refractivity contribution >= 4 is 5.91 Å². The normalized spacial score (nSPS) is 38.2. The van der Waals surface area contributed by atoms with Crippen molar-refractivity contribution in [2.45, 2.75) is 71.1 Å². The van der Waals surface area contributed by atoms with Crippen LogP contribution in [-0.2, 0) is 4.79 Å². The molecule has 0 radical (unpaired) electrons. The van der Waals surface area contributed by atoms with Gasteiger partial charge in [-0.05, 0) is 25.7 Å². The van der Waals surface area contributed by atoms with Crippen molar-refractivity contribution < 1.29 is 4.79 Å². The van der Waals surface area contributed by atoms with Crippen molar-refractivity contribution in [2.24, 2.45) is 5.92 Å². The SMILES string of the molecule is CCCCC1NC(C)N(C2CC2CC)C1=O. The molecule has 4 atom stereocenters. The zero-order chi connectivity index (χ0) is 11.7. The predicted molar refractivity (Wildman–Crippen MR) is 64.9 cm³/mol. The summed E-state index contributed by atoms with van der Waals surface area (Å²) < 4.78 is 0. The zero-order valence-electron chi connectivity index (χ0n) is 10.7. The Morgan fingerprint density at radius 3 is 2.75 bits per heavy atom. The van der Waals surface area contributed by atoms with E-state index in [1.807, 2.05) is 0 Å². The third kappa shape index (κ3) is 2.10. The van der Waals surface area contributed by atoms with Crippen molar-refractivity contribution in [3.05, 3.63) is 0 Å². The lowest BCUT2D eigenvalue weighted by Gasteiger charge is -2.21. The molecule has 0 bridgehead atoms. The fourth-order valence-corrected chi connectivity index (χ4v) is 2.89. The summed E-state index contributed by atoms with van der Waals surface area (Å²) in [4.78, 5) is 14.3. The first kappa shape index (κ1) is 11.9. The molecule has 1 amide bonds. The Bertz CT molecular complexity index is 267. The second-order valence-electron chi connectivity index (χ2n) is 5.25. The van der Waals surface area contributed by atoms with Crippen LogP contribution >= 0.6 is 0 Å². The van der Waals surface area contributed by atoms with Gasteiger partial charge in [-0.3, -0.25) is 10.1 Å². The Balaban J connectivity index is 1.92. The van der Waals surface area contributed by atoms with Gasteiger partial charge in [-0.1, -0.05) is 33.1 Å². The highest BCUT2D eigenvalue weighted by atomic mass is 16.2. The Morgan fingerprint density at radius 2 is 2.19 bits per heavy atom. The smallest absolute Gasteiger partial charge is 0.241 e.